The number of hydrogen-bond donors (Lipinski definition) is 1. The van der Waals surface area contributed by atoms with E-state index >= 15 is 0 Å². The number of hydrogen-bond acceptors (Lipinski definition) is 16. The summed E-state index contributed by atoms with van der Waals surface area (Å²) in [5.41, 5.74) is -1.31. The van der Waals surface area contributed by atoms with E-state index in [0.717, 1.165) is 31.4 Å². The number of carbonyl (C=O) groups excluding carboxylic acids is 4. The number of esters is 2. The van der Waals surface area contributed by atoms with Crippen LogP contribution in [0.3, 0.4) is 0 Å². The van der Waals surface area contributed by atoms with Crippen molar-refractivity contribution in [3.05, 3.63) is 46.2 Å². The standard InChI is InChI=1S/C50H70Cl2IN3O12S/c1-26-22-49(6,63-11)44(66-47-42(59)36(55(8)9)20-27(2)64-47)29(4)41(58)30(5)45(60)67-48(53)50(7)39(28(3)40(26)57)43(46(61)68-50)69-19-18-56(25-33-34(51)23-54-24-35(33)52)31-16-17-37(62-10)38(21-31)65-32-14-12-13-15-32/h16-17,21,23-24,26-30,32,36,39,42-44,47-48,59H,12-15,18-20,22,25H2,1-11H3/t26-,27-,28-,29+,30-,36+,39+,42-,43+,44-,47+,48+,49-,50+/m1/s1. The highest BCUT2D eigenvalue weighted by Gasteiger charge is 2.61. The third-order valence-electron chi connectivity index (χ3n) is 14.8. The first kappa shape index (κ1) is 55.8. The molecule has 19 heteroatoms. The molecule has 6 rings (SSSR count). The highest BCUT2D eigenvalue weighted by Crippen LogP contribution is 2.50. The van der Waals surface area contributed by atoms with Crippen molar-refractivity contribution in [1.82, 2.24) is 9.88 Å². The van der Waals surface area contributed by atoms with Gasteiger partial charge in [-0.25, -0.2) is 0 Å². The van der Waals surface area contributed by atoms with Gasteiger partial charge in [0.05, 0.1) is 41.1 Å². The Morgan fingerprint density at radius 3 is 2.23 bits per heavy atom. The topological polar surface area (TPSA) is 172 Å². The molecule has 0 bridgehead atoms. The van der Waals surface area contributed by atoms with Gasteiger partial charge in [-0.05, 0) is 115 Å². The van der Waals surface area contributed by atoms with E-state index in [1.54, 1.807) is 54.1 Å². The summed E-state index contributed by atoms with van der Waals surface area (Å²) in [6.45, 7) is 12.8. The van der Waals surface area contributed by atoms with Gasteiger partial charge < -0.3 is 48.1 Å². The molecule has 0 unspecified atom stereocenters. The summed E-state index contributed by atoms with van der Waals surface area (Å²) in [7, 11) is 6.83. The molecule has 15 nitrogen and oxygen atoms in total. The summed E-state index contributed by atoms with van der Waals surface area (Å²) >= 11 is 16.7. The number of likely N-dealkylation sites (N-methyl/N-ethyl adjacent to an activating group) is 1. The van der Waals surface area contributed by atoms with Crippen molar-refractivity contribution in [3.63, 3.8) is 0 Å². The SMILES string of the molecule is COc1ccc(N(CCS[C@@H]2C(=O)O[C@@]3(C)[C@H]2[C@@H](C)C(=O)[C@H](C)C[C@@](C)(OC)[C@H](O[C@@H]2O[C@H](C)C[C@H](N(C)C)[C@H]2O)[C@@H](C)C(=O)[C@@H](C)C(=O)O[C@@H]3I)Cc2c(Cl)cncc2Cl)cc1OC1CCCC1. The number of cyclic esters (lactones) is 1. The van der Waals surface area contributed by atoms with Crippen LogP contribution >= 0.6 is 57.6 Å². The number of halogens is 3. The van der Waals surface area contributed by atoms with E-state index < -0.39 is 86.4 Å². The normalized spacial score (nSPS) is 35.1. The van der Waals surface area contributed by atoms with E-state index in [9.17, 15) is 24.3 Å². The maximum atomic E-state index is 15.0. The van der Waals surface area contributed by atoms with Gasteiger partial charge in [0.25, 0.3) is 0 Å². The van der Waals surface area contributed by atoms with Crippen LogP contribution in [0.25, 0.3) is 0 Å². The third kappa shape index (κ3) is 12.3. The molecular formula is C50H70Cl2IN3O12S. The van der Waals surface area contributed by atoms with Gasteiger partial charge in [0.15, 0.2) is 33.3 Å². The Hall–Kier alpha value is -2.49. The molecule has 1 aromatic heterocycles. The molecule has 3 saturated heterocycles. The van der Waals surface area contributed by atoms with Crippen LogP contribution in [0.4, 0.5) is 5.69 Å². The van der Waals surface area contributed by atoms with Gasteiger partial charge >= 0.3 is 11.9 Å². The Labute approximate surface area is 435 Å². The third-order valence-corrected chi connectivity index (χ3v) is 18.2. The monoisotopic (exact) mass is 1130 g/mol. The number of rotatable bonds is 14. The van der Waals surface area contributed by atoms with Crippen molar-refractivity contribution in [2.45, 2.75) is 151 Å². The second kappa shape index (κ2) is 23.6. The summed E-state index contributed by atoms with van der Waals surface area (Å²) in [6.07, 6.45) is 4.34. The number of methoxy groups -OCH3 is 2. The highest BCUT2D eigenvalue weighted by molar-refractivity contribution is 14.1. The summed E-state index contributed by atoms with van der Waals surface area (Å²) < 4.78 is 42.5. The van der Waals surface area contributed by atoms with Crippen molar-refractivity contribution in [1.29, 1.82) is 0 Å². The molecule has 1 aliphatic carbocycles. The molecular weight excluding hydrogens is 1060 g/mol. The van der Waals surface area contributed by atoms with Gasteiger partial charge in [0, 0.05) is 85.4 Å². The zero-order valence-corrected chi connectivity index (χ0v) is 46.1. The highest BCUT2D eigenvalue weighted by atomic mass is 127. The fourth-order valence-corrected chi connectivity index (χ4v) is 13.4. The first-order valence-corrected chi connectivity index (χ1v) is 26.9. The van der Waals surface area contributed by atoms with E-state index in [4.69, 9.17) is 56.4 Å². The van der Waals surface area contributed by atoms with E-state index in [2.05, 4.69) is 9.88 Å². The largest absolute Gasteiger partial charge is 0.493 e. The number of aliphatic hydroxyl groups is 1. The molecule has 1 aromatic carbocycles. The van der Waals surface area contributed by atoms with E-state index in [1.807, 2.05) is 66.7 Å². The Kier molecular flexibility index (Phi) is 19.1. The molecule has 0 spiro atoms. The first-order valence-electron chi connectivity index (χ1n) is 23.9. The lowest BCUT2D eigenvalue weighted by Crippen LogP contribution is -2.59. The molecule has 4 fully saturated rings. The number of thioether (sulfide) groups is 1. The Morgan fingerprint density at radius 1 is 0.942 bits per heavy atom. The minimum atomic E-state index is -1.47. The molecule has 69 heavy (non-hydrogen) atoms. The number of alkyl halides is 1. The number of ether oxygens (including phenoxy) is 7. The number of aromatic nitrogens is 1. The van der Waals surface area contributed by atoms with E-state index in [0.29, 0.717) is 52.4 Å². The fourth-order valence-electron chi connectivity index (χ4n) is 10.6. The van der Waals surface area contributed by atoms with Gasteiger partial charge in [0.1, 0.15) is 23.1 Å². The van der Waals surface area contributed by atoms with Gasteiger partial charge in [-0.2, -0.15) is 0 Å². The molecule has 14 atom stereocenters. The molecule has 0 radical (unpaired) electrons. The summed E-state index contributed by atoms with van der Waals surface area (Å²) in [5, 5.41) is 11.5. The predicted octanol–water partition coefficient (Wildman–Crippen LogP) is 8.37. The number of aliphatic hydroxyl groups excluding tert-OH is 1. The van der Waals surface area contributed by atoms with Crippen molar-refractivity contribution in [3.8, 4) is 11.5 Å². The van der Waals surface area contributed by atoms with Gasteiger partial charge in [-0.3, -0.25) is 24.2 Å². The van der Waals surface area contributed by atoms with Crippen molar-refractivity contribution < 1.29 is 57.4 Å². The number of ketones is 2. The molecule has 2 aromatic rings. The van der Waals surface area contributed by atoms with Crippen LogP contribution in [0.2, 0.25) is 10.0 Å². The number of anilines is 1. The molecule has 4 heterocycles. The van der Waals surface area contributed by atoms with Crippen molar-refractivity contribution in [2.75, 3.05) is 45.5 Å². The molecule has 3 aliphatic heterocycles. The van der Waals surface area contributed by atoms with Crippen LogP contribution in [0.15, 0.2) is 30.6 Å². The Morgan fingerprint density at radius 2 is 1.61 bits per heavy atom. The Balaban J connectivity index is 1.32. The number of Topliss-reactive ketones (excluding diaryl/α,β-unsaturated/α-hetero) is 2. The van der Waals surface area contributed by atoms with Gasteiger partial charge in [-0.1, -0.05) is 44.0 Å². The number of nitrogens with zero attached hydrogens (tertiary/aromatic N) is 3. The molecule has 1 N–H and O–H groups in total. The van der Waals surface area contributed by atoms with Gasteiger partial charge in [0.2, 0.25) is 0 Å². The van der Waals surface area contributed by atoms with Crippen LogP contribution < -0.4 is 14.4 Å². The van der Waals surface area contributed by atoms with Crippen LogP contribution in [0, 0.1) is 29.6 Å². The lowest BCUT2D eigenvalue weighted by molar-refractivity contribution is -0.295. The predicted molar refractivity (Wildman–Crippen MR) is 273 cm³/mol. The second-order valence-electron chi connectivity index (χ2n) is 19.9. The smallest absolute Gasteiger partial charge is 0.320 e. The van der Waals surface area contributed by atoms with Crippen LogP contribution in [0.1, 0.15) is 92.6 Å². The van der Waals surface area contributed by atoms with Crippen LogP contribution in [0.5, 0.6) is 11.5 Å². The fraction of sp³-hybridized carbons (Fsp3) is 0.700. The average molecular weight is 1130 g/mol. The minimum Gasteiger partial charge on any atom is -0.493 e. The number of benzene rings is 1. The summed E-state index contributed by atoms with van der Waals surface area (Å²) in [4.78, 5) is 65.9. The number of carbonyl (C=O) groups is 4. The molecule has 0 amide bonds. The molecule has 1 saturated carbocycles. The average Bonchev–Trinajstić information content (AvgIpc) is 3.92. The quantitative estimate of drug-likeness (QED) is 0.0827. The lowest BCUT2D eigenvalue weighted by atomic mass is 9.72. The minimum absolute atomic E-state index is 0.0775. The Bertz CT molecular complexity index is 2130. The van der Waals surface area contributed by atoms with Crippen molar-refractivity contribution in [2.24, 2.45) is 29.6 Å². The zero-order valence-electron chi connectivity index (χ0n) is 41.6. The number of pyridine rings is 1. The zero-order chi connectivity index (χ0) is 50.7. The van der Waals surface area contributed by atoms with Crippen LogP contribution in [-0.4, -0.2) is 136 Å². The second-order valence-corrected chi connectivity index (χ2v) is 23.1. The maximum Gasteiger partial charge on any atom is 0.320 e. The summed E-state index contributed by atoms with van der Waals surface area (Å²) in [6, 6.07) is 5.45. The maximum absolute atomic E-state index is 15.0. The molecule has 4 aliphatic rings. The number of fused-ring (bicyclic) bond motifs is 1. The van der Waals surface area contributed by atoms with E-state index in [-0.39, 0.29) is 30.5 Å². The van der Waals surface area contributed by atoms with Crippen molar-refractivity contribution >= 4 is 86.7 Å². The summed E-state index contributed by atoms with van der Waals surface area (Å²) in [5.74, 6) is -4.95. The lowest BCUT2D eigenvalue weighted by Gasteiger charge is -2.47. The molecule has 384 valence electrons. The van der Waals surface area contributed by atoms with Crippen LogP contribution in [-0.2, 0) is 49.4 Å². The first-order chi connectivity index (χ1) is 32.5. The van der Waals surface area contributed by atoms with E-state index in [1.165, 1.54) is 25.8 Å². The van der Waals surface area contributed by atoms with Gasteiger partial charge in [-0.15, -0.1) is 11.8 Å².